The van der Waals surface area contributed by atoms with E-state index in [0.29, 0.717) is 42.3 Å². The summed E-state index contributed by atoms with van der Waals surface area (Å²) >= 11 is 2.97. The van der Waals surface area contributed by atoms with Gasteiger partial charge in [-0.1, -0.05) is 60.3 Å². The lowest BCUT2D eigenvalue weighted by Crippen LogP contribution is -2.26. The zero-order valence-corrected chi connectivity index (χ0v) is 25.2. The summed E-state index contributed by atoms with van der Waals surface area (Å²) in [6.07, 6.45) is 1.28. The third-order valence-electron chi connectivity index (χ3n) is 6.49. The van der Waals surface area contributed by atoms with Crippen molar-refractivity contribution < 1.29 is 19.0 Å². The quantitative estimate of drug-likeness (QED) is 0.174. The highest BCUT2D eigenvalue weighted by molar-refractivity contribution is 7.98. The molecule has 1 N–H and O–H groups in total. The number of hydrogen-bond acceptors (Lipinski definition) is 9. The van der Waals surface area contributed by atoms with Crippen molar-refractivity contribution >= 4 is 29.0 Å². The Balaban J connectivity index is 1.24. The molecule has 2 aromatic heterocycles. The molecule has 5 rings (SSSR count). The van der Waals surface area contributed by atoms with Crippen LogP contribution in [0.1, 0.15) is 32.4 Å². The van der Waals surface area contributed by atoms with Crippen LogP contribution in [0.5, 0.6) is 17.2 Å². The van der Waals surface area contributed by atoms with Gasteiger partial charge in [-0.2, -0.15) is 0 Å². The molecule has 0 bridgehead atoms. The van der Waals surface area contributed by atoms with Crippen LogP contribution in [-0.4, -0.2) is 53.5 Å². The van der Waals surface area contributed by atoms with Crippen LogP contribution in [0.3, 0.4) is 0 Å². The summed E-state index contributed by atoms with van der Waals surface area (Å²) < 4.78 is 18.3. The van der Waals surface area contributed by atoms with Crippen LogP contribution in [0, 0.1) is 0 Å². The van der Waals surface area contributed by atoms with E-state index in [1.54, 1.807) is 26.7 Å². The first-order valence-electron chi connectivity index (χ1n) is 13.3. The number of benzene rings is 3. The molecule has 0 saturated heterocycles. The second-order valence-electron chi connectivity index (χ2n) is 9.18. The number of rotatable bonds is 13. The fourth-order valence-electron chi connectivity index (χ4n) is 4.40. The Labute approximate surface area is 252 Å². The summed E-state index contributed by atoms with van der Waals surface area (Å²) in [5.74, 6) is 3.22. The molecule has 5 aromatic rings. The van der Waals surface area contributed by atoms with E-state index in [0.717, 1.165) is 38.6 Å². The Hall–Kier alpha value is -4.35. The van der Waals surface area contributed by atoms with Gasteiger partial charge in [-0.05, 0) is 41.8 Å². The largest absolute Gasteiger partial charge is 0.495 e. The summed E-state index contributed by atoms with van der Waals surface area (Å²) in [5.41, 5.74) is 3.44. The molecule has 0 fully saturated rings. The van der Waals surface area contributed by atoms with Crippen LogP contribution >= 0.6 is 23.1 Å². The molecule has 9 nitrogen and oxygen atoms in total. The molecule has 3 aromatic carbocycles. The van der Waals surface area contributed by atoms with Crippen molar-refractivity contribution in [1.29, 1.82) is 0 Å². The zero-order valence-electron chi connectivity index (χ0n) is 23.6. The van der Waals surface area contributed by atoms with Gasteiger partial charge in [-0.15, -0.1) is 21.5 Å². The molecule has 0 aliphatic carbocycles. The lowest BCUT2D eigenvalue weighted by molar-refractivity contribution is 0.0949. The molecule has 0 radical (unpaired) electrons. The second-order valence-corrected chi connectivity index (χ2v) is 11.1. The summed E-state index contributed by atoms with van der Waals surface area (Å²) in [4.78, 5) is 17.4. The lowest BCUT2D eigenvalue weighted by Gasteiger charge is -2.13. The van der Waals surface area contributed by atoms with E-state index < -0.39 is 0 Å². The lowest BCUT2D eigenvalue weighted by atomic mass is 10.1. The summed E-state index contributed by atoms with van der Waals surface area (Å²) in [6, 6.07) is 23.7. The first kappa shape index (κ1) is 29.2. The van der Waals surface area contributed by atoms with E-state index in [1.165, 1.54) is 23.1 Å². The van der Waals surface area contributed by atoms with Crippen LogP contribution in [-0.2, 0) is 18.6 Å². The Morgan fingerprint density at radius 3 is 2.43 bits per heavy atom. The number of thioether (sulfide) groups is 1. The number of hydrogen-bond donors (Lipinski definition) is 1. The molecule has 0 atom stereocenters. The van der Waals surface area contributed by atoms with E-state index in [4.69, 9.17) is 14.2 Å². The molecule has 0 aliphatic rings. The minimum Gasteiger partial charge on any atom is -0.495 e. The number of aromatic nitrogens is 4. The predicted molar refractivity (Wildman–Crippen MR) is 164 cm³/mol. The number of carbonyl (C=O) groups is 1. The Morgan fingerprint density at radius 1 is 0.881 bits per heavy atom. The molecule has 0 spiro atoms. The van der Waals surface area contributed by atoms with Gasteiger partial charge in [0.05, 0.1) is 32.8 Å². The molecule has 11 heteroatoms. The normalized spacial score (nSPS) is 10.8. The first-order chi connectivity index (χ1) is 20.6. The molecule has 0 saturated carbocycles. The molecule has 216 valence electrons. The average molecular weight is 602 g/mol. The van der Waals surface area contributed by atoms with E-state index in [-0.39, 0.29) is 5.91 Å². The van der Waals surface area contributed by atoms with Gasteiger partial charge in [0.15, 0.2) is 16.7 Å². The Bertz CT molecular complexity index is 1640. The van der Waals surface area contributed by atoms with Crippen molar-refractivity contribution in [2.45, 2.75) is 23.8 Å². The van der Waals surface area contributed by atoms with E-state index in [1.807, 2.05) is 65.2 Å². The van der Waals surface area contributed by atoms with Crippen LogP contribution in [0.25, 0.3) is 5.69 Å². The SMILES string of the molecule is COc1ccc(CCNC(=O)c2csc(CSc3nnc(Cc4ccccc4)n3-c3ccccc3OC)n2)cc1OC. The zero-order chi connectivity index (χ0) is 29.3. The predicted octanol–water partition coefficient (Wildman–Crippen LogP) is 5.61. The molecule has 0 unspecified atom stereocenters. The standard InChI is InChI=1S/C31H31N5O4S2/c1-38-25-12-8-7-11-24(25)36-28(18-21-9-5-4-6-10-21)34-35-31(36)42-20-29-33-23(19-41-29)30(37)32-16-15-22-13-14-26(39-2)27(17-22)40-3/h4-14,17,19H,15-16,18,20H2,1-3H3,(H,32,37). The number of amides is 1. The minimum atomic E-state index is -0.203. The molecule has 0 aliphatic heterocycles. The third-order valence-corrected chi connectivity index (χ3v) is 8.46. The highest BCUT2D eigenvalue weighted by Crippen LogP contribution is 2.31. The van der Waals surface area contributed by atoms with Crippen molar-refractivity contribution in [2.75, 3.05) is 27.9 Å². The number of methoxy groups -OCH3 is 3. The van der Waals surface area contributed by atoms with Crippen molar-refractivity contribution in [3.8, 4) is 22.9 Å². The van der Waals surface area contributed by atoms with Gasteiger partial charge in [0.1, 0.15) is 22.3 Å². The second kappa shape index (κ2) is 14.0. The molecule has 42 heavy (non-hydrogen) atoms. The van der Waals surface area contributed by atoms with Crippen LogP contribution in [0.15, 0.2) is 83.3 Å². The third kappa shape index (κ3) is 6.92. The molecule has 2 heterocycles. The number of nitrogens with one attached hydrogen (secondary N) is 1. The highest BCUT2D eigenvalue weighted by Gasteiger charge is 2.19. The average Bonchev–Trinajstić information content (AvgIpc) is 3.67. The van der Waals surface area contributed by atoms with E-state index >= 15 is 0 Å². The summed E-state index contributed by atoms with van der Waals surface area (Å²) in [5, 5.41) is 15.3. The maximum absolute atomic E-state index is 12.8. The van der Waals surface area contributed by atoms with E-state index in [2.05, 4.69) is 32.6 Å². The van der Waals surface area contributed by atoms with Gasteiger partial charge in [0.2, 0.25) is 0 Å². The van der Waals surface area contributed by atoms with Crippen molar-refractivity contribution in [1.82, 2.24) is 25.1 Å². The number of thiazole rings is 1. The van der Waals surface area contributed by atoms with Crippen molar-refractivity contribution in [2.24, 2.45) is 0 Å². The van der Waals surface area contributed by atoms with E-state index in [9.17, 15) is 4.79 Å². The maximum atomic E-state index is 12.8. The molecule has 1 amide bonds. The topological polar surface area (TPSA) is 100 Å². The number of para-hydroxylation sites is 2. The number of nitrogens with zero attached hydrogens (tertiary/aromatic N) is 4. The molecular formula is C31H31N5O4S2. The molecular weight excluding hydrogens is 571 g/mol. The highest BCUT2D eigenvalue weighted by atomic mass is 32.2. The van der Waals surface area contributed by atoms with Gasteiger partial charge < -0.3 is 19.5 Å². The first-order valence-corrected chi connectivity index (χ1v) is 15.1. The fraction of sp³-hybridized carbons (Fsp3) is 0.226. The number of carbonyl (C=O) groups excluding carboxylic acids is 1. The van der Waals surface area contributed by atoms with Crippen molar-refractivity contribution in [3.63, 3.8) is 0 Å². The van der Waals surface area contributed by atoms with Gasteiger partial charge >= 0.3 is 0 Å². The van der Waals surface area contributed by atoms with Gasteiger partial charge in [0.25, 0.3) is 5.91 Å². The van der Waals surface area contributed by atoms with Crippen LogP contribution in [0.4, 0.5) is 0 Å². The summed E-state index contributed by atoms with van der Waals surface area (Å²) in [6.45, 7) is 0.474. The Morgan fingerprint density at radius 2 is 1.64 bits per heavy atom. The number of ether oxygens (including phenoxy) is 3. The monoisotopic (exact) mass is 601 g/mol. The van der Waals surface area contributed by atoms with Crippen LogP contribution < -0.4 is 19.5 Å². The van der Waals surface area contributed by atoms with Gasteiger partial charge in [-0.3, -0.25) is 9.36 Å². The smallest absolute Gasteiger partial charge is 0.270 e. The minimum absolute atomic E-state index is 0.203. The van der Waals surface area contributed by atoms with Crippen LogP contribution in [0.2, 0.25) is 0 Å². The summed E-state index contributed by atoms with van der Waals surface area (Å²) in [7, 11) is 4.86. The van der Waals surface area contributed by atoms with Gasteiger partial charge in [0, 0.05) is 18.3 Å². The van der Waals surface area contributed by atoms with Crippen molar-refractivity contribution in [3.05, 3.63) is 106 Å². The fourth-order valence-corrected chi connectivity index (χ4v) is 6.15. The van der Waals surface area contributed by atoms with Gasteiger partial charge in [-0.25, -0.2) is 4.98 Å². The Kier molecular flexibility index (Phi) is 9.73. The maximum Gasteiger partial charge on any atom is 0.270 e.